The summed E-state index contributed by atoms with van der Waals surface area (Å²) in [5.74, 6) is 0.0756. The van der Waals surface area contributed by atoms with Crippen LogP contribution in [0.25, 0.3) is 0 Å². The summed E-state index contributed by atoms with van der Waals surface area (Å²) in [5, 5.41) is 12.1. The minimum absolute atomic E-state index is 0.0756. The molecule has 118 valence electrons. The topological polar surface area (TPSA) is 80.3 Å². The van der Waals surface area contributed by atoms with Crippen LogP contribution in [0.3, 0.4) is 0 Å². The summed E-state index contributed by atoms with van der Waals surface area (Å²) in [6, 6.07) is 5.73. The fraction of sp³-hybridized carbons (Fsp3) is 0.500. The Labute approximate surface area is 133 Å². The van der Waals surface area contributed by atoms with Crippen molar-refractivity contribution in [2.45, 2.75) is 6.42 Å². The van der Waals surface area contributed by atoms with E-state index in [1.54, 1.807) is 14.2 Å². The standard InChI is InChI=1S/C14H22BrN3O3/c1-20-9-4-7-18(8-10-21-2)12-6-3-5-11(15)13(12)14(16)17-19/h3,5-6,19H,4,7-10H2,1-2H3,(H2,16,17). The van der Waals surface area contributed by atoms with Gasteiger partial charge in [0, 0.05) is 44.1 Å². The van der Waals surface area contributed by atoms with Crippen molar-refractivity contribution in [3.8, 4) is 0 Å². The van der Waals surface area contributed by atoms with Gasteiger partial charge in [0.05, 0.1) is 12.2 Å². The van der Waals surface area contributed by atoms with E-state index in [1.165, 1.54) is 0 Å². The van der Waals surface area contributed by atoms with Gasteiger partial charge in [0.15, 0.2) is 5.84 Å². The van der Waals surface area contributed by atoms with Gasteiger partial charge in [-0.2, -0.15) is 0 Å². The zero-order valence-electron chi connectivity index (χ0n) is 12.4. The smallest absolute Gasteiger partial charge is 0.173 e. The number of benzene rings is 1. The lowest BCUT2D eigenvalue weighted by Gasteiger charge is -2.27. The normalized spacial score (nSPS) is 11.7. The number of ether oxygens (including phenoxy) is 2. The van der Waals surface area contributed by atoms with Crippen LogP contribution in [-0.4, -0.2) is 51.6 Å². The number of rotatable bonds is 9. The average molecular weight is 360 g/mol. The highest BCUT2D eigenvalue weighted by Crippen LogP contribution is 2.28. The summed E-state index contributed by atoms with van der Waals surface area (Å²) in [6.07, 6.45) is 0.877. The zero-order chi connectivity index (χ0) is 15.7. The molecule has 1 rings (SSSR count). The monoisotopic (exact) mass is 359 g/mol. The number of methoxy groups -OCH3 is 2. The SMILES string of the molecule is COCCCN(CCOC)c1cccc(Br)c1/C(N)=N/O. The van der Waals surface area contributed by atoms with E-state index in [1.807, 2.05) is 18.2 Å². The lowest BCUT2D eigenvalue weighted by atomic mass is 10.1. The van der Waals surface area contributed by atoms with Crippen molar-refractivity contribution >= 4 is 27.5 Å². The molecule has 0 radical (unpaired) electrons. The summed E-state index contributed by atoms with van der Waals surface area (Å²) < 4.78 is 11.0. The minimum Gasteiger partial charge on any atom is -0.409 e. The van der Waals surface area contributed by atoms with E-state index in [-0.39, 0.29) is 5.84 Å². The Balaban J connectivity index is 3.07. The molecule has 1 aromatic carbocycles. The highest BCUT2D eigenvalue weighted by Gasteiger charge is 2.16. The van der Waals surface area contributed by atoms with Crippen LogP contribution in [0.5, 0.6) is 0 Å². The summed E-state index contributed by atoms with van der Waals surface area (Å²) in [5.41, 5.74) is 7.38. The van der Waals surface area contributed by atoms with Gasteiger partial charge in [0.1, 0.15) is 0 Å². The average Bonchev–Trinajstić information content (AvgIpc) is 2.50. The molecule has 0 unspecified atom stereocenters. The number of nitrogens with two attached hydrogens (primary N) is 1. The van der Waals surface area contributed by atoms with Crippen LogP contribution in [0, 0.1) is 0 Å². The molecule has 0 amide bonds. The first-order valence-electron chi connectivity index (χ1n) is 6.65. The zero-order valence-corrected chi connectivity index (χ0v) is 14.0. The van der Waals surface area contributed by atoms with Gasteiger partial charge in [-0.05, 0) is 34.5 Å². The van der Waals surface area contributed by atoms with Crippen molar-refractivity contribution in [3.63, 3.8) is 0 Å². The first-order valence-corrected chi connectivity index (χ1v) is 7.44. The van der Waals surface area contributed by atoms with Gasteiger partial charge in [-0.3, -0.25) is 0 Å². The summed E-state index contributed by atoms with van der Waals surface area (Å²) in [4.78, 5) is 2.14. The minimum atomic E-state index is 0.0756. The van der Waals surface area contributed by atoms with Gasteiger partial charge in [0.25, 0.3) is 0 Å². The van der Waals surface area contributed by atoms with Gasteiger partial charge in [-0.25, -0.2) is 0 Å². The largest absolute Gasteiger partial charge is 0.409 e. The first-order chi connectivity index (χ1) is 10.2. The molecule has 0 aliphatic rings. The van der Waals surface area contributed by atoms with E-state index >= 15 is 0 Å². The van der Waals surface area contributed by atoms with Crippen molar-refractivity contribution in [2.24, 2.45) is 10.9 Å². The van der Waals surface area contributed by atoms with Crippen molar-refractivity contribution in [1.82, 2.24) is 0 Å². The van der Waals surface area contributed by atoms with Crippen LogP contribution in [0.15, 0.2) is 27.8 Å². The van der Waals surface area contributed by atoms with E-state index in [0.717, 1.165) is 23.1 Å². The van der Waals surface area contributed by atoms with Gasteiger partial charge in [0.2, 0.25) is 0 Å². The number of oxime groups is 1. The molecule has 0 spiro atoms. The highest BCUT2D eigenvalue weighted by molar-refractivity contribution is 9.10. The van der Waals surface area contributed by atoms with Gasteiger partial charge < -0.3 is 25.3 Å². The van der Waals surface area contributed by atoms with Crippen molar-refractivity contribution in [1.29, 1.82) is 0 Å². The lowest BCUT2D eigenvalue weighted by molar-refractivity contribution is 0.191. The van der Waals surface area contributed by atoms with E-state index in [9.17, 15) is 0 Å². The first kappa shape index (κ1) is 17.7. The third-order valence-electron chi connectivity index (χ3n) is 3.04. The quantitative estimate of drug-likeness (QED) is 0.232. The number of nitrogens with zero attached hydrogens (tertiary/aromatic N) is 2. The molecule has 0 saturated heterocycles. The van der Waals surface area contributed by atoms with Crippen LogP contribution in [0.1, 0.15) is 12.0 Å². The summed E-state index contributed by atoms with van der Waals surface area (Å²) >= 11 is 3.45. The number of amidine groups is 1. The number of hydrogen-bond donors (Lipinski definition) is 2. The Morgan fingerprint density at radius 2 is 2.00 bits per heavy atom. The lowest BCUT2D eigenvalue weighted by Crippen LogP contribution is -2.31. The molecule has 0 saturated carbocycles. The third-order valence-corrected chi connectivity index (χ3v) is 3.70. The second-order valence-electron chi connectivity index (χ2n) is 4.45. The second-order valence-corrected chi connectivity index (χ2v) is 5.30. The molecule has 0 bridgehead atoms. The third kappa shape index (κ3) is 5.18. The molecule has 21 heavy (non-hydrogen) atoms. The highest BCUT2D eigenvalue weighted by atomic mass is 79.9. The van der Waals surface area contributed by atoms with Crippen molar-refractivity contribution in [2.75, 3.05) is 45.4 Å². The molecule has 0 atom stereocenters. The molecule has 3 N–H and O–H groups in total. The predicted octanol–water partition coefficient (Wildman–Crippen LogP) is 2.03. The van der Waals surface area contributed by atoms with E-state index < -0.39 is 0 Å². The summed E-state index contributed by atoms with van der Waals surface area (Å²) in [7, 11) is 3.35. The maximum atomic E-state index is 8.99. The molecule has 6 nitrogen and oxygen atoms in total. The fourth-order valence-electron chi connectivity index (χ4n) is 2.03. The molecule has 0 fully saturated rings. The fourth-order valence-corrected chi connectivity index (χ4v) is 2.59. The van der Waals surface area contributed by atoms with Crippen LogP contribution in [-0.2, 0) is 9.47 Å². The summed E-state index contributed by atoms with van der Waals surface area (Å²) in [6.45, 7) is 2.77. The van der Waals surface area contributed by atoms with Crippen molar-refractivity contribution < 1.29 is 14.7 Å². The van der Waals surface area contributed by atoms with Crippen LogP contribution in [0.4, 0.5) is 5.69 Å². The van der Waals surface area contributed by atoms with Crippen LogP contribution in [0.2, 0.25) is 0 Å². The number of anilines is 1. The van der Waals surface area contributed by atoms with Gasteiger partial charge >= 0.3 is 0 Å². The number of halogens is 1. The molecule has 1 aromatic rings. The Hall–Kier alpha value is -1.31. The predicted molar refractivity (Wildman–Crippen MR) is 87.2 cm³/mol. The van der Waals surface area contributed by atoms with E-state index in [4.69, 9.17) is 20.4 Å². The Morgan fingerprint density at radius 1 is 1.29 bits per heavy atom. The Morgan fingerprint density at radius 3 is 2.62 bits per heavy atom. The Bertz CT molecular complexity index is 469. The molecular weight excluding hydrogens is 338 g/mol. The molecule has 0 heterocycles. The molecular formula is C14H22BrN3O3. The van der Waals surface area contributed by atoms with Crippen molar-refractivity contribution in [3.05, 3.63) is 28.2 Å². The van der Waals surface area contributed by atoms with E-state index in [2.05, 4.69) is 26.0 Å². The van der Waals surface area contributed by atoms with Crippen LogP contribution >= 0.6 is 15.9 Å². The Kier molecular flexibility index (Phi) is 8.11. The maximum absolute atomic E-state index is 8.99. The molecule has 0 aliphatic heterocycles. The second kappa shape index (κ2) is 9.59. The number of hydrogen-bond acceptors (Lipinski definition) is 5. The molecule has 0 aliphatic carbocycles. The van der Waals surface area contributed by atoms with Gasteiger partial charge in [-0.1, -0.05) is 11.2 Å². The molecule has 0 aromatic heterocycles. The maximum Gasteiger partial charge on any atom is 0.173 e. The van der Waals surface area contributed by atoms with E-state index in [0.29, 0.717) is 25.3 Å². The molecule has 7 heteroatoms. The van der Waals surface area contributed by atoms with Gasteiger partial charge in [-0.15, -0.1) is 0 Å². The van der Waals surface area contributed by atoms with Crippen LogP contribution < -0.4 is 10.6 Å².